The fourth-order valence-corrected chi connectivity index (χ4v) is 2.55. The van der Waals surface area contributed by atoms with Gasteiger partial charge in [0.2, 0.25) is 0 Å². The van der Waals surface area contributed by atoms with E-state index in [4.69, 9.17) is 5.73 Å². The summed E-state index contributed by atoms with van der Waals surface area (Å²) in [6.07, 6.45) is 2.73. The lowest BCUT2D eigenvalue weighted by Gasteiger charge is -2.15. The molecule has 0 aliphatic rings. The summed E-state index contributed by atoms with van der Waals surface area (Å²) in [5.74, 6) is -4.25. The summed E-state index contributed by atoms with van der Waals surface area (Å²) < 4.78 is 41.4. The number of rotatable bonds is 7. The Hall–Kier alpha value is -3.39. The maximum atomic E-state index is 13.8. The Bertz CT molecular complexity index is 951. The molecule has 0 spiro atoms. The quantitative estimate of drug-likeness (QED) is 0.491. The van der Waals surface area contributed by atoms with Gasteiger partial charge in [-0.3, -0.25) is 9.59 Å². The predicted octanol–water partition coefficient (Wildman–Crippen LogP) is 2.94. The van der Waals surface area contributed by atoms with Crippen LogP contribution in [0.1, 0.15) is 22.8 Å². The second-order valence-corrected chi connectivity index (χ2v) is 5.88. The van der Waals surface area contributed by atoms with Crippen LogP contribution in [-0.2, 0) is 11.3 Å². The monoisotopic (exact) mass is 403 g/mol. The average Bonchev–Trinajstić information content (AvgIpc) is 2.69. The number of hydrogen-bond acceptors (Lipinski definition) is 3. The highest BCUT2D eigenvalue weighted by atomic mass is 19.1. The number of nitrogens with two attached hydrogens (primary N) is 1. The van der Waals surface area contributed by atoms with Gasteiger partial charge in [0, 0.05) is 24.4 Å². The van der Waals surface area contributed by atoms with E-state index in [1.807, 2.05) is 0 Å². The van der Waals surface area contributed by atoms with E-state index in [1.165, 1.54) is 37.3 Å². The first-order chi connectivity index (χ1) is 13.9. The number of halogens is 3. The average molecular weight is 403 g/mol. The first-order valence-electron chi connectivity index (χ1n) is 8.72. The molecule has 4 N–H and O–H groups in total. The van der Waals surface area contributed by atoms with E-state index in [1.54, 1.807) is 6.07 Å². The Morgan fingerprint density at radius 3 is 2.21 bits per heavy atom. The molecular formula is C21H20F3N3O2. The predicted molar refractivity (Wildman–Crippen MR) is 103 cm³/mol. The molecule has 0 radical (unpaired) electrons. The van der Waals surface area contributed by atoms with Crippen molar-refractivity contribution in [3.63, 3.8) is 0 Å². The molecule has 0 saturated carbocycles. The number of nitrogens with one attached hydrogen (secondary N) is 2. The summed E-state index contributed by atoms with van der Waals surface area (Å²) in [6, 6.07) is 8.96. The van der Waals surface area contributed by atoms with E-state index in [0.717, 1.165) is 18.2 Å². The third-order valence-corrected chi connectivity index (χ3v) is 3.98. The first kappa shape index (κ1) is 21.9. The van der Waals surface area contributed by atoms with Gasteiger partial charge in [0.05, 0.1) is 5.57 Å². The molecule has 0 bridgehead atoms. The van der Waals surface area contributed by atoms with Gasteiger partial charge in [-0.25, -0.2) is 13.2 Å². The summed E-state index contributed by atoms with van der Waals surface area (Å²) in [7, 11) is 0. The Morgan fingerprint density at radius 1 is 1.00 bits per heavy atom. The standard InChI is InChI=1S/C21H20F3N3O2/c1-2-18(27-21(29)19-16(23)8-5-9-17(19)24)14(10-11-25)20(28)26-12-13-6-3-4-7-15(13)22/h2-10H,11-12,25H2,1H3,(H,26,28)(H,27,29)/b14-10+,18-2+. The Kier molecular flexibility index (Phi) is 7.73. The van der Waals surface area contributed by atoms with Gasteiger partial charge in [-0.2, -0.15) is 0 Å². The van der Waals surface area contributed by atoms with Crippen molar-refractivity contribution in [1.29, 1.82) is 0 Å². The molecule has 5 nitrogen and oxygen atoms in total. The highest BCUT2D eigenvalue weighted by molar-refractivity contribution is 6.01. The molecule has 2 aromatic carbocycles. The van der Waals surface area contributed by atoms with Crippen LogP contribution in [-0.4, -0.2) is 18.4 Å². The zero-order valence-electron chi connectivity index (χ0n) is 15.6. The van der Waals surface area contributed by atoms with Crippen molar-refractivity contribution in [2.24, 2.45) is 5.73 Å². The summed E-state index contributed by atoms with van der Waals surface area (Å²) in [5.41, 5.74) is 4.99. The van der Waals surface area contributed by atoms with E-state index in [9.17, 15) is 22.8 Å². The molecule has 0 heterocycles. The van der Waals surface area contributed by atoms with E-state index < -0.39 is 34.8 Å². The van der Waals surface area contributed by atoms with Crippen LogP contribution >= 0.6 is 0 Å². The largest absolute Gasteiger partial charge is 0.348 e. The van der Waals surface area contributed by atoms with Crippen LogP contribution in [0.2, 0.25) is 0 Å². The lowest BCUT2D eigenvalue weighted by Crippen LogP contribution is -2.32. The highest BCUT2D eigenvalue weighted by Crippen LogP contribution is 2.15. The summed E-state index contributed by atoms with van der Waals surface area (Å²) in [6.45, 7) is 1.39. The molecule has 2 amide bonds. The van der Waals surface area contributed by atoms with Crippen molar-refractivity contribution in [2.45, 2.75) is 13.5 Å². The van der Waals surface area contributed by atoms with Gasteiger partial charge >= 0.3 is 0 Å². The molecule has 0 aliphatic carbocycles. The lowest BCUT2D eigenvalue weighted by atomic mass is 10.1. The van der Waals surface area contributed by atoms with Gasteiger partial charge in [0.25, 0.3) is 11.8 Å². The molecule has 0 aromatic heterocycles. The minimum atomic E-state index is -1.06. The first-order valence-corrected chi connectivity index (χ1v) is 8.72. The molecule has 29 heavy (non-hydrogen) atoms. The minimum absolute atomic E-state index is 0.00846. The van der Waals surface area contributed by atoms with E-state index >= 15 is 0 Å². The Balaban J connectivity index is 2.19. The molecule has 0 aliphatic heterocycles. The van der Waals surface area contributed by atoms with Crippen LogP contribution in [0, 0.1) is 17.5 Å². The third-order valence-electron chi connectivity index (χ3n) is 3.98. The van der Waals surface area contributed by atoms with Crippen LogP contribution in [0.4, 0.5) is 13.2 Å². The fraction of sp³-hybridized carbons (Fsp3) is 0.143. The van der Waals surface area contributed by atoms with Gasteiger partial charge in [-0.1, -0.05) is 36.4 Å². The van der Waals surface area contributed by atoms with Crippen molar-refractivity contribution in [3.05, 3.63) is 94.5 Å². The van der Waals surface area contributed by atoms with Crippen LogP contribution in [0.15, 0.2) is 65.9 Å². The Morgan fingerprint density at radius 2 is 1.62 bits per heavy atom. The molecular weight excluding hydrogens is 383 g/mol. The topological polar surface area (TPSA) is 84.2 Å². The number of benzene rings is 2. The zero-order chi connectivity index (χ0) is 21.4. The SMILES string of the molecule is C/C=C(NC(=O)c1c(F)cccc1F)\C(=C/CN)C(=O)NCc1ccccc1F. The fourth-order valence-electron chi connectivity index (χ4n) is 2.55. The second kappa shape index (κ2) is 10.2. The summed E-state index contributed by atoms with van der Waals surface area (Å²) in [5, 5.41) is 4.86. The van der Waals surface area contributed by atoms with Crippen LogP contribution in [0.3, 0.4) is 0 Å². The Labute approximate surface area is 166 Å². The van der Waals surface area contributed by atoms with Crippen molar-refractivity contribution >= 4 is 11.8 Å². The third kappa shape index (κ3) is 5.55. The van der Waals surface area contributed by atoms with Crippen LogP contribution in [0.5, 0.6) is 0 Å². The number of carbonyl (C=O) groups excluding carboxylic acids is 2. The number of allylic oxidation sites excluding steroid dienone is 1. The van der Waals surface area contributed by atoms with Crippen LogP contribution < -0.4 is 16.4 Å². The smallest absolute Gasteiger partial charge is 0.261 e. The molecule has 0 fully saturated rings. The van der Waals surface area contributed by atoms with Crippen molar-refractivity contribution in [3.8, 4) is 0 Å². The van der Waals surface area contributed by atoms with Gasteiger partial charge < -0.3 is 16.4 Å². The molecule has 152 valence electrons. The normalized spacial score (nSPS) is 11.9. The number of hydrogen-bond donors (Lipinski definition) is 3. The molecule has 0 atom stereocenters. The maximum Gasteiger partial charge on any atom is 0.261 e. The highest BCUT2D eigenvalue weighted by Gasteiger charge is 2.21. The lowest BCUT2D eigenvalue weighted by molar-refractivity contribution is -0.117. The van der Waals surface area contributed by atoms with E-state index in [0.29, 0.717) is 0 Å². The number of carbonyl (C=O) groups is 2. The van der Waals surface area contributed by atoms with Gasteiger partial charge in [0.15, 0.2) is 0 Å². The van der Waals surface area contributed by atoms with Gasteiger partial charge in [0.1, 0.15) is 23.0 Å². The van der Waals surface area contributed by atoms with Crippen LogP contribution in [0.25, 0.3) is 0 Å². The maximum absolute atomic E-state index is 13.8. The molecule has 8 heteroatoms. The molecule has 2 rings (SSSR count). The van der Waals surface area contributed by atoms with E-state index in [-0.39, 0.29) is 29.9 Å². The van der Waals surface area contributed by atoms with E-state index in [2.05, 4.69) is 10.6 Å². The molecule has 0 saturated heterocycles. The van der Waals surface area contributed by atoms with Gasteiger partial charge in [-0.15, -0.1) is 0 Å². The summed E-state index contributed by atoms with van der Waals surface area (Å²) >= 11 is 0. The van der Waals surface area contributed by atoms with Crippen molar-refractivity contribution in [1.82, 2.24) is 10.6 Å². The second-order valence-electron chi connectivity index (χ2n) is 5.88. The zero-order valence-corrected chi connectivity index (χ0v) is 15.6. The summed E-state index contributed by atoms with van der Waals surface area (Å²) in [4.78, 5) is 24.9. The van der Waals surface area contributed by atoms with Crippen molar-refractivity contribution < 1.29 is 22.8 Å². The molecule has 2 aromatic rings. The minimum Gasteiger partial charge on any atom is -0.348 e. The molecule has 0 unspecified atom stereocenters. The van der Waals surface area contributed by atoms with Crippen molar-refractivity contribution in [2.75, 3.05) is 6.54 Å². The van der Waals surface area contributed by atoms with Gasteiger partial charge in [-0.05, 0) is 25.1 Å². The number of amides is 2.